The largest absolute Gasteiger partial charge is 0.339 e. The zero-order valence-corrected chi connectivity index (χ0v) is 16.1. The standard InChI is InChI=1S/C19H27N3O3S/c1-26(24,25)22-10-2-3-15-13-16(4-5-17(15)22)18(23)21-11-7-19(8-12-21)6-9-20-14-19/h4-5,13,20H,2-3,6-12,14H2,1H3. The first kappa shape index (κ1) is 17.8. The maximum absolute atomic E-state index is 12.9. The third kappa shape index (κ3) is 3.22. The Morgan fingerprint density at radius 1 is 1.15 bits per heavy atom. The molecule has 4 rings (SSSR count). The minimum absolute atomic E-state index is 0.0742. The minimum atomic E-state index is -3.27. The fourth-order valence-corrected chi connectivity index (χ4v) is 5.63. The van der Waals surface area contributed by atoms with Crippen LogP contribution in [0, 0.1) is 5.41 Å². The quantitative estimate of drug-likeness (QED) is 0.850. The number of nitrogens with one attached hydrogen (secondary N) is 1. The molecule has 0 saturated carbocycles. The summed E-state index contributed by atoms with van der Waals surface area (Å²) in [5, 5.41) is 3.45. The van der Waals surface area contributed by atoms with E-state index >= 15 is 0 Å². The average Bonchev–Trinajstić information content (AvgIpc) is 3.08. The first-order chi connectivity index (χ1) is 12.4. The number of fused-ring (bicyclic) bond motifs is 1. The summed E-state index contributed by atoms with van der Waals surface area (Å²) < 4.78 is 25.4. The van der Waals surface area contributed by atoms with Crippen molar-refractivity contribution in [3.63, 3.8) is 0 Å². The Morgan fingerprint density at radius 3 is 2.58 bits per heavy atom. The van der Waals surface area contributed by atoms with Crippen LogP contribution in [0.15, 0.2) is 18.2 Å². The number of nitrogens with zero attached hydrogens (tertiary/aromatic N) is 2. The van der Waals surface area contributed by atoms with Gasteiger partial charge < -0.3 is 10.2 Å². The Bertz CT molecular complexity index is 805. The molecule has 0 aliphatic carbocycles. The Kier molecular flexibility index (Phi) is 4.47. The van der Waals surface area contributed by atoms with Gasteiger partial charge in [0.15, 0.2) is 0 Å². The van der Waals surface area contributed by atoms with Gasteiger partial charge in [-0.2, -0.15) is 0 Å². The van der Waals surface area contributed by atoms with Gasteiger partial charge in [0.1, 0.15) is 0 Å². The average molecular weight is 378 g/mol. The number of carbonyl (C=O) groups excluding carboxylic acids is 1. The van der Waals surface area contributed by atoms with Crippen molar-refractivity contribution < 1.29 is 13.2 Å². The lowest BCUT2D eigenvalue weighted by molar-refractivity contribution is 0.0607. The van der Waals surface area contributed by atoms with Gasteiger partial charge in [-0.15, -0.1) is 0 Å². The molecular weight excluding hydrogens is 350 g/mol. The van der Waals surface area contributed by atoms with Gasteiger partial charge in [0.05, 0.1) is 11.9 Å². The molecule has 2 saturated heterocycles. The van der Waals surface area contributed by atoms with Crippen molar-refractivity contribution in [1.29, 1.82) is 0 Å². The monoisotopic (exact) mass is 377 g/mol. The van der Waals surface area contributed by atoms with E-state index in [4.69, 9.17) is 0 Å². The number of aryl methyl sites for hydroxylation is 1. The highest BCUT2D eigenvalue weighted by molar-refractivity contribution is 7.92. The van der Waals surface area contributed by atoms with E-state index in [0.717, 1.165) is 63.1 Å². The highest BCUT2D eigenvalue weighted by Crippen LogP contribution is 2.37. The molecule has 3 heterocycles. The molecule has 142 valence electrons. The lowest BCUT2D eigenvalue weighted by Crippen LogP contribution is -2.44. The van der Waals surface area contributed by atoms with Crippen LogP contribution in [-0.4, -0.2) is 58.2 Å². The van der Waals surface area contributed by atoms with E-state index in [2.05, 4.69) is 5.32 Å². The summed E-state index contributed by atoms with van der Waals surface area (Å²) in [7, 11) is -3.27. The van der Waals surface area contributed by atoms with Crippen molar-refractivity contribution in [3.8, 4) is 0 Å². The summed E-state index contributed by atoms with van der Waals surface area (Å²) in [6, 6.07) is 5.48. The summed E-state index contributed by atoms with van der Waals surface area (Å²) in [4.78, 5) is 14.9. The van der Waals surface area contributed by atoms with E-state index in [1.165, 1.54) is 17.0 Å². The van der Waals surface area contributed by atoms with Gasteiger partial charge in [0, 0.05) is 31.7 Å². The van der Waals surface area contributed by atoms with Crippen molar-refractivity contribution in [2.24, 2.45) is 5.41 Å². The zero-order chi connectivity index (χ0) is 18.4. The number of amides is 1. The molecule has 1 amide bonds. The molecule has 0 bridgehead atoms. The number of likely N-dealkylation sites (tertiary alicyclic amines) is 1. The number of rotatable bonds is 2. The van der Waals surface area contributed by atoms with Gasteiger partial charge in [0.25, 0.3) is 5.91 Å². The van der Waals surface area contributed by atoms with E-state index in [0.29, 0.717) is 17.5 Å². The normalized spacial score (nSPS) is 22.5. The number of hydrogen-bond acceptors (Lipinski definition) is 4. The molecule has 7 heteroatoms. The molecule has 6 nitrogen and oxygen atoms in total. The van der Waals surface area contributed by atoms with Crippen molar-refractivity contribution in [3.05, 3.63) is 29.3 Å². The SMILES string of the molecule is CS(=O)(=O)N1CCCc2cc(C(=O)N3CCC4(CCNC4)CC3)ccc21. The summed E-state index contributed by atoms with van der Waals surface area (Å²) >= 11 is 0. The number of benzene rings is 1. The van der Waals surface area contributed by atoms with Crippen LogP contribution in [0.1, 0.15) is 41.6 Å². The van der Waals surface area contributed by atoms with Gasteiger partial charge >= 0.3 is 0 Å². The lowest BCUT2D eigenvalue weighted by Gasteiger charge is -2.39. The predicted octanol–water partition coefficient (Wildman–Crippen LogP) is 1.61. The molecule has 3 aliphatic rings. The van der Waals surface area contributed by atoms with Crippen LogP contribution in [-0.2, 0) is 16.4 Å². The van der Waals surface area contributed by atoms with E-state index in [1.54, 1.807) is 12.1 Å². The lowest BCUT2D eigenvalue weighted by atomic mass is 9.78. The van der Waals surface area contributed by atoms with E-state index in [9.17, 15) is 13.2 Å². The molecule has 3 aliphatic heterocycles. The molecule has 1 spiro atoms. The summed E-state index contributed by atoms with van der Waals surface area (Å²) in [5.41, 5.74) is 2.76. The predicted molar refractivity (Wildman–Crippen MR) is 102 cm³/mol. The third-order valence-electron chi connectivity index (χ3n) is 6.25. The molecule has 2 fully saturated rings. The van der Waals surface area contributed by atoms with E-state index < -0.39 is 10.0 Å². The molecule has 0 radical (unpaired) electrons. The molecule has 0 unspecified atom stereocenters. The third-order valence-corrected chi connectivity index (χ3v) is 7.43. The zero-order valence-electron chi connectivity index (χ0n) is 15.3. The van der Waals surface area contributed by atoms with Gasteiger partial charge in [-0.1, -0.05) is 0 Å². The highest BCUT2D eigenvalue weighted by Gasteiger charge is 2.38. The molecule has 0 atom stereocenters. The Balaban J connectivity index is 1.51. The first-order valence-electron chi connectivity index (χ1n) is 9.49. The van der Waals surface area contributed by atoms with Crippen molar-refractivity contribution in [1.82, 2.24) is 10.2 Å². The van der Waals surface area contributed by atoms with Crippen LogP contribution in [0.2, 0.25) is 0 Å². The Morgan fingerprint density at radius 2 is 1.92 bits per heavy atom. The van der Waals surface area contributed by atoms with Gasteiger partial charge in [0.2, 0.25) is 10.0 Å². The Labute approximate surface area is 155 Å². The molecule has 1 N–H and O–H groups in total. The Hall–Kier alpha value is -1.60. The van der Waals surface area contributed by atoms with Crippen LogP contribution in [0.4, 0.5) is 5.69 Å². The van der Waals surface area contributed by atoms with Crippen LogP contribution in [0.3, 0.4) is 0 Å². The fraction of sp³-hybridized carbons (Fsp3) is 0.632. The summed E-state index contributed by atoms with van der Waals surface area (Å²) in [6.07, 6.45) is 6.20. The second-order valence-electron chi connectivity index (χ2n) is 8.00. The molecule has 26 heavy (non-hydrogen) atoms. The first-order valence-corrected chi connectivity index (χ1v) is 11.3. The topological polar surface area (TPSA) is 69.7 Å². The molecule has 1 aromatic carbocycles. The smallest absolute Gasteiger partial charge is 0.253 e. The molecule has 1 aromatic rings. The van der Waals surface area contributed by atoms with E-state index in [-0.39, 0.29) is 5.91 Å². The van der Waals surface area contributed by atoms with Crippen LogP contribution < -0.4 is 9.62 Å². The maximum atomic E-state index is 12.9. The fourth-order valence-electron chi connectivity index (χ4n) is 4.63. The van der Waals surface area contributed by atoms with Crippen molar-refractivity contribution in [2.45, 2.75) is 32.1 Å². The summed E-state index contributed by atoms with van der Waals surface area (Å²) in [5.74, 6) is 0.0742. The van der Waals surface area contributed by atoms with E-state index in [1.807, 2.05) is 11.0 Å². The minimum Gasteiger partial charge on any atom is -0.339 e. The maximum Gasteiger partial charge on any atom is 0.253 e. The van der Waals surface area contributed by atoms with Crippen LogP contribution in [0.5, 0.6) is 0 Å². The van der Waals surface area contributed by atoms with Crippen molar-refractivity contribution >= 4 is 21.6 Å². The van der Waals surface area contributed by atoms with Crippen LogP contribution in [0.25, 0.3) is 0 Å². The number of hydrogen-bond donors (Lipinski definition) is 1. The number of piperidine rings is 1. The van der Waals surface area contributed by atoms with Gasteiger partial charge in [-0.05, 0) is 67.8 Å². The number of sulfonamides is 1. The molecular formula is C19H27N3O3S. The number of carbonyl (C=O) groups is 1. The molecule has 0 aromatic heterocycles. The number of anilines is 1. The van der Waals surface area contributed by atoms with Gasteiger partial charge in [-0.25, -0.2) is 8.42 Å². The summed E-state index contributed by atoms with van der Waals surface area (Å²) in [6.45, 7) is 4.31. The van der Waals surface area contributed by atoms with Crippen LogP contribution >= 0.6 is 0 Å². The van der Waals surface area contributed by atoms with Crippen molar-refractivity contribution in [2.75, 3.05) is 43.3 Å². The van der Waals surface area contributed by atoms with Gasteiger partial charge in [-0.3, -0.25) is 9.10 Å². The second-order valence-corrected chi connectivity index (χ2v) is 9.91. The second kappa shape index (κ2) is 6.53. The highest BCUT2D eigenvalue weighted by atomic mass is 32.2.